The molecule has 0 fully saturated rings. The molecule has 1 aromatic carbocycles. The van der Waals surface area contributed by atoms with Gasteiger partial charge in [-0.3, -0.25) is 9.59 Å². The van der Waals surface area contributed by atoms with E-state index in [0.717, 1.165) is 11.4 Å². The molecule has 1 atom stereocenters. The zero-order chi connectivity index (χ0) is 22.0. The second-order valence-electron chi connectivity index (χ2n) is 7.16. The first kappa shape index (κ1) is 20.5. The van der Waals surface area contributed by atoms with Gasteiger partial charge in [-0.1, -0.05) is 0 Å². The normalized spacial score (nSPS) is 13.1. The topological polar surface area (TPSA) is 110 Å². The summed E-state index contributed by atoms with van der Waals surface area (Å²) in [7, 11) is 0. The van der Waals surface area contributed by atoms with Gasteiger partial charge in [0.15, 0.2) is 23.4 Å². The number of fused-ring (bicyclic) bond motifs is 1. The highest BCUT2D eigenvalue weighted by molar-refractivity contribution is 5.80. The lowest BCUT2D eigenvalue weighted by Crippen LogP contribution is -2.39. The number of aromatic nitrogens is 4. The molecule has 1 unspecified atom stereocenters. The van der Waals surface area contributed by atoms with Crippen molar-refractivity contribution in [2.45, 2.75) is 33.4 Å². The summed E-state index contributed by atoms with van der Waals surface area (Å²) in [5.41, 5.74) is 1.52. The van der Waals surface area contributed by atoms with Crippen LogP contribution in [0.5, 0.6) is 17.2 Å². The summed E-state index contributed by atoms with van der Waals surface area (Å²) in [6.07, 6.45) is -0.730. The van der Waals surface area contributed by atoms with Gasteiger partial charge in [-0.25, -0.2) is 9.36 Å². The van der Waals surface area contributed by atoms with Gasteiger partial charge in [0.25, 0.3) is 11.5 Å². The van der Waals surface area contributed by atoms with E-state index < -0.39 is 6.10 Å². The molecule has 31 heavy (non-hydrogen) atoms. The Hall–Kier alpha value is -3.82. The maximum Gasteiger partial charge on any atom is 0.266 e. The second kappa shape index (κ2) is 8.50. The van der Waals surface area contributed by atoms with Gasteiger partial charge >= 0.3 is 0 Å². The number of amides is 1. The molecule has 3 heterocycles. The number of carbonyl (C=O) groups excluding carboxylic acids is 1. The SMILES string of the molecule is Cc1cc(C)n(-c2ccc(=O)n(CCNC(=O)C(C)Oc3ccc4c(c3)OCO4)n2)n1. The maximum absolute atomic E-state index is 12.4. The number of aryl methyl sites for hydroxylation is 2. The zero-order valence-corrected chi connectivity index (χ0v) is 17.5. The Morgan fingerprint density at radius 1 is 1.16 bits per heavy atom. The van der Waals surface area contributed by atoms with Crippen molar-refractivity contribution in [2.24, 2.45) is 0 Å². The molecule has 1 aliphatic rings. The highest BCUT2D eigenvalue weighted by Gasteiger charge is 2.18. The molecule has 1 amide bonds. The number of hydrogen-bond donors (Lipinski definition) is 1. The summed E-state index contributed by atoms with van der Waals surface area (Å²) in [4.78, 5) is 24.5. The Balaban J connectivity index is 1.34. The summed E-state index contributed by atoms with van der Waals surface area (Å²) < 4.78 is 19.2. The summed E-state index contributed by atoms with van der Waals surface area (Å²) in [5.74, 6) is 1.96. The molecule has 0 aliphatic carbocycles. The molecule has 3 aromatic rings. The minimum absolute atomic E-state index is 0.170. The number of nitrogens with one attached hydrogen (secondary N) is 1. The van der Waals surface area contributed by atoms with Crippen LogP contribution < -0.4 is 25.1 Å². The van der Waals surface area contributed by atoms with Gasteiger partial charge < -0.3 is 19.5 Å². The van der Waals surface area contributed by atoms with Crippen LogP contribution in [0.1, 0.15) is 18.3 Å². The Labute approximate surface area is 178 Å². The number of hydrogen-bond acceptors (Lipinski definition) is 7. The standard InChI is InChI=1S/C21H23N5O5/c1-13-10-14(2)26(23-13)19-6-7-20(27)25(24-19)9-8-22-21(28)15(3)31-16-4-5-17-18(11-16)30-12-29-17/h4-7,10-11,15H,8-9,12H2,1-3H3,(H,22,28). The van der Waals surface area contributed by atoms with E-state index in [9.17, 15) is 9.59 Å². The average Bonchev–Trinajstić information content (AvgIpc) is 3.34. The molecular weight excluding hydrogens is 402 g/mol. The van der Waals surface area contributed by atoms with Crippen molar-refractivity contribution in [3.8, 4) is 23.1 Å². The van der Waals surface area contributed by atoms with Gasteiger partial charge in [-0.05, 0) is 45.0 Å². The largest absolute Gasteiger partial charge is 0.481 e. The van der Waals surface area contributed by atoms with E-state index in [2.05, 4.69) is 15.5 Å². The predicted molar refractivity (Wildman–Crippen MR) is 111 cm³/mol. The molecule has 10 nitrogen and oxygen atoms in total. The van der Waals surface area contributed by atoms with Crippen LogP contribution in [0.4, 0.5) is 0 Å². The molecule has 0 saturated heterocycles. The lowest BCUT2D eigenvalue weighted by molar-refractivity contribution is -0.127. The summed E-state index contributed by atoms with van der Waals surface area (Å²) in [5, 5.41) is 11.5. The minimum atomic E-state index is -0.730. The molecule has 4 rings (SSSR count). The monoisotopic (exact) mass is 425 g/mol. The molecule has 1 aliphatic heterocycles. The number of nitrogens with zero attached hydrogens (tertiary/aromatic N) is 4. The molecule has 0 bridgehead atoms. The van der Waals surface area contributed by atoms with Gasteiger partial charge in [0.1, 0.15) is 5.75 Å². The highest BCUT2D eigenvalue weighted by Crippen LogP contribution is 2.35. The Morgan fingerprint density at radius 3 is 2.74 bits per heavy atom. The molecule has 162 valence electrons. The molecular formula is C21H23N5O5. The summed E-state index contributed by atoms with van der Waals surface area (Å²) >= 11 is 0. The van der Waals surface area contributed by atoms with E-state index >= 15 is 0 Å². The third-order valence-electron chi connectivity index (χ3n) is 4.73. The van der Waals surface area contributed by atoms with Crippen molar-refractivity contribution in [3.63, 3.8) is 0 Å². The molecule has 1 N–H and O–H groups in total. The van der Waals surface area contributed by atoms with Crippen molar-refractivity contribution >= 4 is 5.91 Å². The van der Waals surface area contributed by atoms with E-state index in [0.29, 0.717) is 23.1 Å². The van der Waals surface area contributed by atoms with E-state index in [4.69, 9.17) is 14.2 Å². The maximum atomic E-state index is 12.4. The van der Waals surface area contributed by atoms with Gasteiger partial charge in [-0.15, -0.1) is 5.10 Å². The lowest BCUT2D eigenvalue weighted by Gasteiger charge is -2.15. The van der Waals surface area contributed by atoms with Gasteiger partial charge in [0, 0.05) is 24.4 Å². The number of ether oxygens (including phenoxy) is 3. The quantitative estimate of drug-likeness (QED) is 0.609. The van der Waals surface area contributed by atoms with Crippen molar-refractivity contribution in [1.29, 1.82) is 0 Å². The zero-order valence-electron chi connectivity index (χ0n) is 17.5. The first-order chi connectivity index (χ1) is 14.9. The molecule has 0 saturated carbocycles. The van der Waals surface area contributed by atoms with Crippen molar-refractivity contribution in [2.75, 3.05) is 13.3 Å². The third kappa shape index (κ3) is 4.52. The number of benzene rings is 1. The van der Waals surface area contributed by atoms with Gasteiger partial charge in [-0.2, -0.15) is 5.10 Å². The molecule has 10 heteroatoms. The first-order valence-corrected chi connectivity index (χ1v) is 9.86. The van der Waals surface area contributed by atoms with Crippen LogP contribution in [0.2, 0.25) is 0 Å². The predicted octanol–water partition coefficient (Wildman–Crippen LogP) is 1.36. The van der Waals surface area contributed by atoms with Crippen LogP contribution in [0, 0.1) is 13.8 Å². The Bertz CT molecular complexity index is 1170. The number of carbonyl (C=O) groups is 1. The fourth-order valence-electron chi connectivity index (χ4n) is 3.21. The molecule has 2 aromatic heterocycles. The van der Waals surface area contributed by atoms with Crippen LogP contribution in [0.15, 0.2) is 41.2 Å². The Kier molecular flexibility index (Phi) is 5.61. The van der Waals surface area contributed by atoms with Crippen LogP contribution in [0.25, 0.3) is 5.82 Å². The van der Waals surface area contributed by atoms with Gasteiger partial charge in [0.2, 0.25) is 6.79 Å². The fraction of sp³-hybridized carbons (Fsp3) is 0.333. The summed E-state index contributed by atoms with van der Waals surface area (Å²) in [6.45, 7) is 6.06. The number of rotatable bonds is 7. The van der Waals surface area contributed by atoms with Crippen molar-refractivity contribution in [3.05, 3.63) is 58.1 Å². The van der Waals surface area contributed by atoms with E-state index in [1.54, 1.807) is 35.9 Å². The summed E-state index contributed by atoms with van der Waals surface area (Å²) in [6, 6.07) is 10.1. The molecule has 0 radical (unpaired) electrons. The van der Waals surface area contributed by atoms with Gasteiger partial charge in [0.05, 0.1) is 12.2 Å². The van der Waals surface area contributed by atoms with E-state index in [-0.39, 0.29) is 31.3 Å². The van der Waals surface area contributed by atoms with Crippen LogP contribution >= 0.6 is 0 Å². The highest BCUT2D eigenvalue weighted by atomic mass is 16.7. The molecule has 0 spiro atoms. The third-order valence-corrected chi connectivity index (χ3v) is 4.73. The average molecular weight is 425 g/mol. The van der Waals surface area contributed by atoms with E-state index in [1.807, 2.05) is 19.9 Å². The van der Waals surface area contributed by atoms with E-state index in [1.165, 1.54) is 10.7 Å². The van der Waals surface area contributed by atoms with Crippen molar-refractivity contribution < 1.29 is 19.0 Å². The van der Waals surface area contributed by atoms with Crippen LogP contribution in [0.3, 0.4) is 0 Å². The minimum Gasteiger partial charge on any atom is -0.481 e. The fourth-order valence-corrected chi connectivity index (χ4v) is 3.21. The first-order valence-electron chi connectivity index (χ1n) is 9.86. The van der Waals surface area contributed by atoms with Crippen LogP contribution in [-0.4, -0.2) is 44.9 Å². The lowest BCUT2D eigenvalue weighted by atomic mass is 10.3. The smallest absolute Gasteiger partial charge is 0.266 e. The second-order valence-corrected chi connectivity index (χ2v) is 7.16. The Morgan fingerprint density at radius 2 is 1.97 bits per heavy atom. The van der Waals surface area contributed by atoms with Crippen molar-refractivity contribution in [1.82, 2.24) is 24.9 Å². The van der Waals surface area contributed by atoms with Crippen LogP contribution in [-0.2, 0) is 11.3 Å².